The third kappa shape index (κ3) is 2.83. The molecule has 0 unspecified atom stereocenters. The van der Waals surface area contributed by atoms with E-state index in [-0.39, 0.29) is 0 Å². The van der Waals surface area contributed by atoms with Gasteiger partial charge in [-0.3, -0.25) is 0 Å². The summed E-state index contributed by atoms with van der Waals surface area (Å²) in [4.78, 5) is 2.03. The van der Waals surface area contributed by atoms with Crippen LogP contribution in [0.5, 0.6) is 5.75 Å². The number of anilines is 1. The Bertz CT molecular complexity index is 1010. The van der Waals surface area contributed by atoms with E-state index in [0.29, 0.717) is 0 Å². The summed E-state index contributed by atoms with van der Waals surface area (Å²) in [7, 11) is 3.99. The lowest BCUT2D eigenvalue weighted by atomic mass is 10.3. The van der Waals surface area contributed by atoms with Crippen molar-refractivity contribution >= 4 is 22.9 Å². The highest BCUT2D eigenvalue weighted by atomic mass is 16.5. The van der Waals surface area contributed by atoms with E-state index in [1.165, 1.54) is 0 Å². The molecule has 0 radical (unpaired) electrons. The van der Waals surface area contributed by atoms with E-state index in [2.05, 4.69) is 0 Å². The average molecular weight is 331 g/mol. The maximum absolute atomic E-state index is 5.83. The van der Waals surface area contributed by atoms with E-state index in [4.69, 9.17) is 9.15 Å². The number of aryl methyl sites for hydroxylation is 1. The molecular weight excluding hydrogens is 312 g/mol. The zero-order valence-electron chi connectivity index (χ0n) is 14.2. The number of para-hydroxylation sites is 4. The Morgan fingerprint density at radius 3 is 2.60 bits per heavy atom. The van der Waals surface area contributed by atoms with Gasteiger partial charge < -0.3 is 14.1 Å². The molecule has 0 N–H and O–H groups in total. The number of hydrogen-bond acceptors (Lipinski definition) is 3. The maximum Gasteiger partial charge on any atom is 0.373 e. The maximum atomic E-state index is 5.83. The van der Waals surface area contributed by atoms with Gasteiger partial charge in [0.15, 0.2) is 11.6 Å². The van der Waals surface area contributed by atoms with Gasteiger partial charge in [0.1, 0.15) is 7.05 Å². The fourth-order valence-corrected chi connectivity index (χ4v) is 2.87. The lowest BCUT2D eigenvalue weighted by Gasteiger charge is -2.09. The number of nitrogens with zero attached hydrogens (tertiary/aromatic N) is 2. The fraction of sp³-hybridized carbons (Fsp3) is 0.0952. The lowest BCUT2D eigenvalue weighted by Crippen LogP contribution is -2.29. The van der Waals surface area contributed by atoms with Crippen LogP contribution in [-0.4, -0.2) is 7.05 Å². The molecule has 0 saturated heterocycles. The topological polar surface area (TPSA) is 29.5 Å². The first-order valence-corrected chi connectivity index (χ1v) is 8.17. The van der Waals surface area contributed by atoms with Crippen LogP contribution in [0, 0.1) is 0 Å². The van der Waals surface area contributed by atoms with Gasteiger partial charge in [0.2, 0.25) is 5.58 Å². The number of fused-ring (bicyclic) bond motifs is 2. The summed E-state index contributed by atoms with van der Waals surface area (Å²) in [5.41, 5.74) is 3.04. The highest BCUT2D eigenvalue weighted by Gasteiger charge is 2.21. The second-order valence-electron chi connectivity index (χ2n) is 5.84. The molecular formula is C21H19N2O2+. The summed E-state index contributed by atoms with van der Waals surface area (Å²) < 4.78 is 13.7. The van der Waals surface area contributed by atoms with Gasteiger partial charge in [0, 0.05) is 13.1 Å². The molecule has 0 spiro atoms. The van der Waals surface area contributed by atoms with Gasteiger partial charge in [-0.25, -0.2) is 0 Å². The predicted molar refractivity (Wildman–Crippen MR) is 99.1 cm³/mol. The standard InChI is InChI=1S/C21H19N2O2/c1-22-16-10-6-8-12-18(16)24-20(22)14-4-3-5-15-21-23(2)17-11-7-9-13-19(17)25-21/h3-15H,1-2H3/q+1. The highest BCUT2D eigenvalue weighted by molar-refractivity contribution is 5.69. The summed E-state index contributed by atoms with van der Waals surface area (Å²) in [6.45, 7) is 0. The minimum Gasteiger partial charge on any atom is -0.439 e. The number of rotatable bonds is 3. The monoisotopic (exact) mass is 331 g/mol. The van der Waals surface area contributed by atoms with Gasteiger partial charge in [-0.2, -0.15) is 4.57 Å². The Hall–Kier alpha value is -3.27. The molecule has 1 aliphatic heterocycles. The first-order chi connectivity index (χ1) is 12.2. The molecule has 2 aromatic carbocycles. The smallest absolute Gasteiger partial charge is 0.373 e. The number of allylic oxidation sites excluding steroid dienone is 4. The summed E-state index contributed by atoms with van der Waals surface area (Å²) in [6, 6.07) is 16.0. The van der Waals surface area contributed by atoms with Crippen molar-refractivity contribution in [1.82, 2.24) is 0 Å². The largest absolute Gasteiger partial charge is 0.439 e. The molecule has 0 atom stereocenters. The van der Waals surface area contributed by atoms with Crippen molar-refractivity contribution in [2.24, 2.45) is 7.05 Å². The van der Waals surface area contributed by atoms with Gasteiger partial charge in [-0.15, -0.1) is 0 Å². The molecule has 0 saturated carbocycles. The quantitative estimate of drug-likeness (QED) is 0.532. The van der Waals surface area contributed by atoms with Gasteiger partial charge in [0.25, 0.3) is 5.52 Å². The Morgan fingerprint density at radius 1 is 0.960 bits per heavy atom. The number of aromatic nitrogens is 1. The van der Waals surface area contributed by atoms with Crippen LogP contribution in [0.2, 0.25) is 0 Å². The number of hydrogen-bond donors (Lipinski definition) is 0. The van der Waals surface area contributed by atoms with Crippen molar-refractivity contribution in [3.8, 4) is 5.75 Å². The normalized spacial score (nSPS) is 15.6. The van der Waals surface area contributed by atoms with Crippen LogP contribution in [0.1, 0.15) is 5.89 Å². The number of oxazole rings is 1. The number of ether oxygens (including phenoxy) is 1. The van der Waals surface area contributed by atoms with Crippen molar-refractivity contribution in [1.29, 1.82) is 0 Å². The molecule has 1 aromatic heterocycles. The van der Waals surface area contributed by atoms with Crippen LogP contribution in [0.3, 0.4) is 0 Å². The van der Waals surface area contributed by atoms with E-state index in [0.717, 1.165) is 34.3 Å². The second-order valence-corrected chi connectivity index (χ2v) is 5.84. The highest BCUT2D eigenvalue weighted by Crippen LogP contribution is 2.37. The summed E-state index contributed by atoms with van der Waals surface area (Å²) in [6.07, 6.45) is 9.76. The Labute approximate surface area is 146 Å². The summed E-state index contributed by atoms with van der Waals surface area (Å²) in [5, 5.41) is 0. The van der Waals surface area contributed by atoms with Crippen molar-refractivity contribution in [3.63, 3.8) is 0 Å². The molecule has 0 bridgehead atoms. The molecule has 0 fully saturated rings. The van der Waals surface area contributed by atoms with Gasteiger partial charge in [-0.05, 0) is 24.3 Å². The van der Waals surface area contributed by atoms with E-state index in [1.807, 2.05) is 102 Å². The molecule has 0 amide bonds. The first kappa shape index (κ1) is 15.3. The molecule has 2 heterocycles. The average Bonchev–Trinajstić information content (AvgIpc) is 3.13. The zero-order chi connectivity index (χ0) is 17.2. The molecule has 1 aliphatic rings. The third-order valence-corrected chi connectivity index (χ3v) is 4.24. The lowest BCUT2D eigenvalue weighted by molar-refractivity contribution is -0.652. The van der Waals surface area contributed by atoms with Crippen molar-refractivity contribution in [2.75, 3.05) is 11.9 Å². The SMILES string of the molecule is CN1C(=CC=CC=Cc2oc3ccccc3[n+]2C)Oc2ccccc21. The van der Waals surface area contributed by atoms with Crippen molar-refractivity contribution < 1.29 is 13.7 Å². The van der Waals surface area contributed by atoms with Crippen LogP contribution in [-0.2, 0) is 7.05 Å². The van der Waals surface area contributed by atoms with E-state index in [9.17, 15) is 0 Å². The summed E-state index contributed by atoms with van der Waals surface area (Å²) in [5.74, 6) is 2.50. The molecule has 4 nitrogen and oxygen atoms in total. The van der Waals surface area contributed by atoms with E-state index < -0.39 is 0 Å². The van der Waals surface area contributed by atoms with E-state index in [1.54, 1.807) is 0 Å². The zero-order valence-corrected chi connectivity index (χ0v) is 14.2. The van der Waals surface area contributed by atoms with Crippen molar-refractivity contribution in [3.05, 3.63) is 84.6 Å². The Kier molecular flexibility index (Phi) is 3.86. The van der Waals surface area contributed by atoms with Crippen LogP contribution in [0.4, 0.5) is 5.69 Å². The first-order valence-electron chi connectivity index (χ1n) is 8.17. The van der Waals surface area contributed by atoms with Gasteiger partial charge >= 0.3 is 5.89 Å². The number of benzene rings is 2. The van der Waals surface area contributed by atoms with Gasteiger partial charge in [-0.1, -0.05) is 42.5 Å². The fourth-order valence-electron chi connectivity index (χ4n) is 2.87. The molecule has 3 aromatic rings. The minimum atomic E-state index is 0.806. The molecule has 124 valence electrons. The van der Waals surface area contributed by atoms with Crippen LogP contribution >= 0.6 is 0 Å². The predicted octanol–water partition coefficient (Wildman–Crippen LogP) is 4.20. The van der Waals surface area contributed by atoms with E-state index >= 15 is 0 Å². The molecule has 0 aliphatic carbocycles. The van der Waals surface area contributed by atoms with Crippen LogP contribution in [0.15, 0.2) is 83.1 Å². The molecule has 25 heavy (non-hydrogen) atoms. The summed E-state index contributed by atoms with van der Waals surface area (Å²) >= 11 is 0. The van der Waals surface area contributed by atoms with Crippen LogP contribution < -0.4 is 14.2 Å². The molecule has 4 rings (SSSR count). The Balaban J connectivity index is 1.48. The molecule has 4 heteroatoms. The van der Waals surface area contributed by atoms with Gasteiger partial charge in [0.05, 0.1) is 11.8 Å². The third-order valence-electron chi connectivity index (χ3n) is 4.24. The Morgan fingerprint density at radius 2 is 1.76 bits per heavy atom. The minimum absolute atomic E-state index is 0.806. The van der Waals surface area contributed by atoms with Crippen molar-refractivity contribution in [2.45, 2.75) is 0 Å². The van der Waals surface area contributed by atoms with Crippen LogP contribution in [0.25, 0.3) is 17.2 Å². The second kappa shape index (κ2) is 6.32.